The van der Waals surface area contributed by atoms with Gasteiger partial charge in [-0.3, -0.25) is 14.9 Å². The van der Waals surface area contributed by atoms with Crippen molar-refractivity contribution in [2.45, 2.75) is 32.1 Å². The minimum absolute atomic E-state index is 0.193. The number of carbonyl (C=O) groups is 2. The Kier molecular flexibility index (Phi) is 7.74. The molecule has 162 valence electrons. The summed E-state index contributed by atoms with van der Waals surface area (Å²) in [6.45, 7) is 1.57. The topological polar surface area (TPSA) is 134 Å². The second-order valence-corrected chi connectivity index (χ2v) is 8.95. The molecule has 2 rings (SSSR count). The number of carbonyl (C=O) groups excluding carboxylic acids is 1. The van der Waals surface area contributed by atoms with Crippen molar-refractivity contribution in [3.8, 4) is 11.5 Å². The Morgan fingerprint density at radius 2 is 2.07 bits per heavy atom. The highest BCUT2D eigenvalue weighted by Crippen LogP contribution is 2.33. The number of nitrogens with zero attached hydrogens (tertiary/aromatic N) is 1. The number of hydrogen-bond donors (Lipinski definition) is 3. The first kappa shape index (κ1) is 23.3. The molecule has 0 aliphatic carbocycles. The zero-order chi connectivity index (χ0) is 21.8. The molecule has 1 aromatic carbocycles. The number of hydrogen-bond acceptors (Lipinski definition) is 8. The van der Waals surface area contributed by atoms with Crippen LogP contribution >= 0.6 is 11.8 Å². The summed E-state index contributed by atoms with van der Waals surface area (Å²) in [5, 5.41) is 12.1. The Morgan fingerprint density at radius 1 is 1.38 bits per heavy atom. The molecule has 0 unspecified atom stereocenters. The van der Waals surface area contributed by atoms with Gasteiger partial charge in [-0.2, -0.15) is 24.5 Å². The summed E-state index contributed by atoms with van der Waals surface area (Å²) < 4.78 is 38.5. The molecule has 0 radical (unpaired) electrons. The summed E-state index contributed by atoms with van der Waals surface area (Å²) in [5.74, 6) is -0.452. The van der Waals surface area contributed by atoms with Crippen LogP contribution in [0.2, 0.25) is 0 Å². The number of aliphatic carboxylic acids is 1. The number of benzene rings is 1. The minimum Gasteiger partial charge on any atom is -0.496 e. The molecule has 0 spiro atoms. The van der Waals surface area contributed by atoms with Crippen LogP contribution in [-0.2, 0) is 26.3 Å². The normalized spacial score (nSPS) is 19.6. The summed E-state index contributed by atoms with van der Waals surface area (Å²) in [7, 11) is -1.18. The molecule has 1 aliphatic heterocycles. The van der Waals surface area contributed by atoms with Crippen molar-refractivity contribution in [3.05, 3.63) is 23.3 Å². The maximum absolute atomic E-state index is 12.5. The van der Waals surface area contributed by atoms with E-state index >= 15 is 0 Å². The minimum atomic E-state index is -4.14. The van der Waals surface area contributed by atoms with Crippen LogP contribution < -0.4 is 19.5 Å². The number of thioether (sulfide) groups is 1. The number of carboxylic acid groups (broad SMARTS) is 1. The van der Waals surface area contributed by atoms with Crippen molar-refractivity contribution in [1.82, 2.24) is 14.3 Å². The molecule has 1 aromatic rings. The largest absolute Gasteiger partial charge is 0.496 e. The van der Waals surface area contributed by atoms with Gasteiger partial charge in [0.1, 0.15) is 17.5 Å². The smallest absolute Gasteiger partial charge is 0.320 e. The molecule has 3 N–H and O–H groups in total. The summed E-state index contributed by atoms with van der Waals surface area (Å²) >= 11 is 1.46. The van der Waals surface area contributed by atoms with Crippen molar-refractivity contribution in [2.24, 2.45) is 0 Å². The van der Waals surface area contributed by atoms with E-state index in [1.54, 1.807) is 19.1 Å². The molecule has 2 atom stereocenters. The number of amides is 1. The fourth-order valence-corrected chi connectivity index (χ4v) is 4.78. The van der Waals surface area contributed by atoms with E-state index in [9.17, 15) is 23.1 Å². The van der Waals surface area contributed by atoms with Crippen LogP contribution in [0.1, 0.15) is 17.5 Å². The quantitative estimate of drug-likeness (QED) is 0.463. The molecule has 29 heavy (non-hydrogen) atoms. The summed E-state index contributed by atoms with van der Waals surface area (Å²) in [6, 6.07) is 2.24. The Balaban J connectivity index is 2.36. The predicted molar refractivity (Wildman–Crippen MR) is 108 cm³/mol. The number of rotatable bonds is 10. The van der Waals surface area contributed by atoms with Crippen LogP contribution in [0.5, 0.6) is 11.5 Å². The van der Waals surface area contributed by atoms with Crippen LogP contribution in [0.25, 0.3) is 0 Å². The first-order valence-electron chi connectivity index (χ1n) is 8.68. The van der Waals surface area contributed by atoms with Gasteiger partial charge in [0.25, 0.3) is 5.91 Å². The highest BCUT2D eigenvalue weighted by molar-refractivity contribution is 7.98. The zero-order valence-corrected chi connectivity index (χ0v) is 18.2. The molecule has 0 aromatic heterocycles. The van der Waals surface area contributed by atoms with Crippen LogP contribution in [0.3, 0.4) is 0 Å². The monoisotopic (exact) mass is 447 g/mol. The maximum Gasteiger partial charge on any atom is 0.320 e. The van der Waals surface area contributed by atoms with Crippen LogP contribution in [0, 0.1) is 6.92 Å². The third-order valence-electron chi connectivity index (χ3n) is 4.53. The van der Waals surface area contributed by atoms with Gasteiger partial charge in [-0.15, -0.1) is 0 Å². The van der Waals surface area contributed by atoms with Crippen LogP contribution in [0.4, 0.5) is 0 Å². The fraction of sp³-hybridized carbons (Fsp3) is 0.529. The van der Waals surface area contributed by atoms with Gasteiger partial charge >= 0.3 is 16.2 Å². The molecule has 0 bridgehead atoms. The van der Waals surface area contributed by atoms with Crippen molar-refractivity contribution in [3.63, 3.8) is 0 Å². The first-order chi connectivity index (χ1) is 13.7. The molecular weight excluding hydrogens is 422 g/mol. The predicted octanol–water partition coefficient (Wildman–Crippen LogP) is 0.311. The third-order valence-corrected chi connectivity index (χ3v) is 6.59. The van der Waals surface area contributed by atoms with Crippen molar-refractivity contribution < 1.29 is 32.6 Å². The number of nitrogens with one attached hydrogen (secondary N) is 2. The highest BCUT2D eigenvalue weighted by atomic mass is 32.2. The lowest BCUT2D eigenvalue weighted by Crippen LogP contribution is -2.52. The SMILES string of the molecule is COc1ccc(CN2[C@@H](N[C@@H](CCSC)C(=O)O)C(=O)NS2(=O)=O)c(OC)c1C. The number of carboxylic acids is 1. The lowest BCUT2D eigenvalue weighted by molar-refractivity contribution is -0.140. The van der Waals surface area contributed by atoms with E-state index in [-0.39, 0.29) is 13.0 Å². The second kappa shape index (κ2) is 9.65. The van der Waals surface area contributed by atoms with E-state index in [4.69, 9.17) is 9.47 Å². The Labute approximate surface area is 174 Å². The molecule has 1 amide bonds. The fourth-order valence-electron chi connectivity index (χ4n) is 3.08. The second-order valence-electron chi connectivity index (χ2n) is 6.34. The van der Waals surface area contributed by atoms with E-state index in [0.29, 0.717) is 28.4 Å². The maximum atomic E-state index is 12.5. The van der Waals surface area contributed by atoms with Gasteiger partial charge in [-0.05, 0) is 31.4 Å². The van der Waals surface area contributed by atoms with E-state index in [0.717, 1.165) is 4.31 Å². The standard InChI is InChI=1S/C17H25N3O7S2/c1-10-13(26-2)6-5-11(14(10)27-3)9-20-15(16(21)19-29(20,24)25)18-12(17(22)23)7-8-28-4/h5-6,12,15,18H,7-9H2,1-4H3,(H,19,21)(H,22,23)/t12-,15+/m0/s1. The highest BCUT2D eigenvalue weighted by Gasteiger charge is 2.45. The van der Waals surface area contributed by atoms with Gasteiger partial charge in [-0.1, -0.05) is 6.07 Å². The molecule has 1 fully saturated rings. The molecule has 12 heteroatoms. The third kappa shape index (κ3) is 5.13. The number of ether oxygens (including phenoxy) is 2. The van der Waals surface area contributed by atoms with E-state index < -0.39 is 34.3 Å². The molecule has 10 nitrogen and oxygen atoms in total. The molecular formula is C17H25N3O7S2. The van der Waals surface area contributed by atoms with E-state index in [1.807, 2.05) is 11.0 Å². The molecule has 1 heterocycles. The van der Waals surface area contributed by atoms with E-state index in [1.165, 1.54) is 26.0 Å². The van der Waals surface area contributed by atoms with Gasteiger partial charge < -0.3 is 14.6 Å². The van der Waals surface area contributed by atoms with Crippen LogP contribution in [-0.4, -0.2) is 68.1 Å². The van der Waals surface area contributed by atoms with Crippen LogP contribution in [0.15, 0.2) is 12.1 Å². The Hall–Kier alpha value is -2.02. The Bertz CT molecular complexity index is 876. The van der Waals surface area contributed by atoms with Crippen molar-refractivity contribution in [1.29, 1.82) is 0 Å². The van der Waals surface area contributed by atoms with E-state index in [2.05, 4.69) is 5.32 Å². The van der Waals surface area contributed by atoms with Gasteiger partial charge in [-0.25, -0.2) is 4.72 Å². The lowest BCUT2D eigenvalue weighted by atomic mass is 10.1. The Morgan fingerprint density at radius 3 is 2.62 bits per heavy atom. The van der Waals surface area contributed by atoms with Crippen molar-refractivity contribution in [2.75, 3.05) is 26.2 Å². The first-order valence-corrected chi connectivity index (χ1v) is 11.5. The summed E-state index contributed by atoms with van der Waals surface area (Å²) in [6.07, 6.45) is 0.713. The molecule has 1 aliphatic rings. The average Bonchev–Trinajstić information content (AvgIpc) is 2.86. The lowest BCUT2D eigenvalue weighted by Gasteiger charge is -2.25. The van der Waals surface area contributed by atoms with Crippen molar-refractivity contribution >= 4 is 33.8 Å². The molecule has 1 saturated heterocycles. The van der Waals surface area contributed by atoms with Gasteiger partial charge in [0.2, 0.25) is 0 Å². The van der Waals surface area contributed by atoms with Gasteiger partial charge in [0, 0.05) is 17.7 Å². The average molecular weight is 448 g/mol. The summed E-state index contributed by atoms with van der Waals surface area (Å²) in [5.41, 5.74) is 1.19. The summed E-state index contributed by atoms with van der Waals surface area (Å²) in [4.78, 5) is 23.8. The zero-order valence-electron chi connectivity index (χ0n) is 16.6. The molecule has 0 saturated carbocycles. The number of methoxy groups -OCH3 is 2. The van der Waals surface area contributed by atoms with Gasteiger partial charge in [0.15, 0.2) is 6.17 Å². The van der Waals surface area contributed by atoms with Gasteiger partial charge in [0.05, 0.1) is 14.2 Å².